The Morgan fingerprint density at radius 2 is 1.82 bits per heavy atom. The third kappa shape index (κ3) is 6.26. The van der Waals surface area contributed by atoms with Crippen LogP contribution in [0.2, 0.25) is 0 Å². The van der Waals surface area contributed by atoms with Gasteiger partial charge < -0.3 is 14.6 Å². The summed E-state index contributed by atoms with van der Waals surface area (Å²) in [6.45, 7) is 9.83. The first-order valence-electron chi connectivity index (χ1n) is 12.3. The van der Waals surface area contributed by atoms with Gasteiger partial charge in [-0.25, -0.2) is 0 Å². The van der Waals surface area contributed by atoms with Gasteiger partial charge in [0.1, 0.15) is 5.75 Å². The number of rotatable bonds is 9. The molecule has 1 saturated heterocycles. The molecule has 1 atom stereocenters. The Kier molecular flexibility index (Phi) is 8.01. The largest absolute Gasteiger partial charge is 0.493 e. The normalized spacial score (nSPS) is 15.9. The molecule has 0 bridgehead atoms. The Balaban J connectivity index is 1.39. The molecule has 2 heterocycles. The highest BCUT2D eigenvalue weighted by molar-refractivity contribution is 5.93. The molecule has 0 aliphatic carbocycles. The van der Waals surface area contributed by atoms with Gasteiger partial charge in [-0.1, -0.05) is 56.3 Å². The fraction of sp³-hybridized carbons (Fsp3) is 0.429. The van der Waals surface area contributed by atoms with Crippen LogP contribution < -0.4 is 10.1 Å². The van der Waals surface area contributed by atoms with Gasteiger partial charge in [-0.15, -0.1) is 0 Å². The topological polar surface area (TPSA) is 67.6 Å². The molecule has 1 aromatic heterocycles. The van der Waals surface area contributed by atoms with Crippen LogP contribution in [0.25, 0.3) is 11.3 Å². The lowest BCUT2D eigenvalue weighted by Gasteiger charge is -2.37. The lowest BCUT2D eigenvalue weighted by molar-refractivity contribution is 0.0904. The number of ether oxygens (including phenoxy) is 1. The zero-order valence-corrected chi connectivity index (χ0v) is 20.4. The standard InChI is InChI=1S/C28H35N3O3/c1-20(2)19-33-24-11-9-23(10-12-24)27-17-25(30-34-27)28(32)29-18-26(22-7-5-4-6-8-22)31-15-13-21(3)14-16-31/h4-12,17,20-21,26H,13-16,18-19H2,1-3H3,(H,29,32)/t26-/m0/s1. The molecule has 34 heavy (non-hydrogen) atoms. The van der Waals surface area contributed by atoms with E-state index in [-0.39, 0.29) is 17.6 Å². The SMILES string of the molecule is CC(C)COc1ccc(-c2cc(C(=O)NC[C@@H](c3ccccc3)N3CCC(C)CC3)no2)cc1. The number of nitrogens with zero attached hydrogens (tertiary/aromatic N) is 2. The van der Waals surface area contributed by atoms with E-state index in [0.29, 0.717) is 24.8 Å². The summed E-state index contributed by atoms with van der Waals surface area (Å²) < 4.78 is 11.2. The van der Waals surface area contributed by atoms with Crippen molar-refractivity contribution < 1.29 is 14.1 Å². The molecule has 2 aromatic carbocycles. The third-order valence-corrected chi connectivity index (χ3v) is 6.36. The van der Waals surface area contributed by atoms with Gasteiger partial charge in [-0.2, -0.15) is 0 Å². The Morgan fingerprint density at radius 1 is 1.12 bits per heavy atom. The predicted octanol–water partition coefficient (Wildman–Crippen LogP) is 5.58. The van der Waals surface area contributed by atoms with Crippen molar-refractivity contribution in [1.29, 1.82) is 0 Å². The van der Waals surface area contributed by atoms with Gasteiger partial charge >= 0.3 is 0 Å². The first-order chi connectivity index (χ1) is 16.5. The van der Waals surface area contributed by atoms with Crippen LogP contribution in [-0.2, 0) is 0 Å². The first kappa shape index (κ1) is 24.0. The third-order valence-electron chi connectivity index (χ3n) is 6.36. The quantitative estimate of drug-likeness (QED) is 0.451. The van der Waals surface area contributed by atoms with Crippen LogP contribution in [0.3, 0.4) is 0 Å². The molecule has 180 valence electrons. The summed E-state index contributed by atoms with van der Waals surface area (Å²) in [4.78, 5) is 15.4. The van der Waals surface area contributed by atoms with Crippen LogP contribution in [0.4, 0.5) is 0 Å². The van der Waals surface area contributed by atoms with Crippen molar-refractivity contribution in [3.05, 3.63) is 71.9 Å². The Morgan fingerprint density at radius 3 is 2.50 bits per heavy atom. The van der Waals surface area contributed by atoms with Gasteiger partial charge in [0.05, 0.1) is 12.6 Å². The molecule has 6 heteroatoms. The summed E-state index contributed by atoms with van der Waals surface area (Å²) in [7, 11) is 0. The van der Waals surface area contributed by atoms with Gasteiger partial charge in [0.2, 0.25) is 0 Å². The predicted molar refractivity (Wildman–Crippen MR) is 134 cm³/mol. The summed E-state index contributed by atoms with van der Waals surface area (Å²) >= 11 is 0. The highest BCUT2D eigenvalue weighted by atomic mass is 16.5. The minimum Gasteiger partial charge on any atom is -0.493 e. The number of aromatic nitrogens is 1. The smallest absolute Gasteiger partial charge is 0.273 e. The summed E-state index contributed by atoms with van der Waals surface area (Å²) in [6.07, 6.45) is 2.37. The summed E-state index contributed by atoms with van der Waals surface area (Å²) in [5, 5.41) is 7.10. The van der Waals surface area contributed by atoms with Crippen molar-refractivity contribution in [1.82, 2.24) is 15.4 Å². The van der Waals surface area contributed by atoms with Crippen molar-refractivity contribution in [2.24, 2.45) is 11.8 Å². The first-order valence-corrected chi connectivity index (χ1v) is 12.3. The van der Waals surface area contributed by atoms with Crippen molar-refractivity contribution in [2.75, 3.05) is 26.2 Å². The number of piperidine rings is 1. The highest BCUT2D eigenvalue weighted by Gasteiger charge is 2.25. The van der Waals surface area contributed by atoms with E-state index in [0.717, 1.165) is 30.3 Å². The lowest BCUT2D eigenvalue weighted by atomic mass is 9.95. The molecular formula is C28H35N3O3. The second-order valence-electron chi connectivity index (χ2n) is 9.66. The van der Waals surface area contributed by atoms with Crippen LogP contribution in [-0.4, -0.2) is 42.2 Å². The zero-order valence-electron chi connectivity index (χ0n) is 20.4. The van der Waals surface area contributed by atoms with Gasteiger partial charge in [-0.3, -0.25) is 9.69 Å². The maximum Gasteiger partial charge on any atom is 0.273 e. The molecule has 1 amide bonds. The lowest BCUT2D eigenvalue weighted by Crippen LogP contribution is -2.42. The summed E-state index contributed by atoms with van der Waals surface area (Å²) in [5.41, 5.74) is 2.36. The Labute approximate surface area is 202 Å². The van der Waals surface area contributed by atoms with Crippen molar-refractivity contribution in [2.45, 2.75) is 39.7 Å². The van der Waals surface area contributed by atoms with E-state index in [1.54, 1.807) is 6.07 Å². The van der Waals surface area contributed by atoms with Crippen LogP contribution in [0, 0.1) is 11.8 Å². The Hall–Kier alpha value is -3.12. The molecule has 1 fully saturated rings. The number of carbonyl (C=O) groups is 1. The molecule has 0 radical (unpaired) electrons. The van der Waals surface area contributed by atoms with E-state index in [2.05, 4.69) is 60.4 Å². The van der Waals surface area contributed by atoms with Gasteiger partial charge in [0.25, 0.3) is 5.91 Å². The van der Waals surface area contributed by atoms with Crippen LogP contribution in [0.15, 0.2) is 65.2 Å². The summed E-state index contributed by atoms with van der Waals surface area (Å²) in [5.74, 6) is 2.37. The van der Waals surface area contributed by atoms with E-state index in [9.17, 15) is 4.79 Å². The molecule has 0 spiro atoms. The van der Waals surface area contributed by atoms with Crippen LogP contribution in [0.5, 0.6) is 5.75 Å². The number of amides is 1. The van der Waals surface area contributed by atoms with Gasteiger partial charge in [-0.05, 0) is 67.6 Å². The number of benzene rings is 2. The fourth-order valence-electron chi connectivity index (χ4n) is 4.25. The van der Waals surface area contributed by atoms with Crippen molar-refractivity contribution in [3.63, 3.8) is 0 Å². The minimum atomic E-state index is -0.224. The second-order valence-corrected chi connectivity index (χ2v) is 9.66. The molecule has 4 rings (SSSR count). The average Bonchev–Trinajstić information content (AvgIpc) is 3.35. The van der Waals surface area contributed by atoms with E-state index >= 15 is 0 Å². The molecular weight excluding hydrogens is 426 g/mol. The zero-order chi connectivity index (χ0) is 23.9. The number of hydrogen-bond acceptors (Lipinski definition) is 5. The Bertz CT molecular complexity index is 1040. The monoisotopic (exact) mass is 461 g/mol. The molecule has 1 aliphatic heterocycles. The molecule has 1 aliphatic rings. The fourth-order valence-corrected chi connectivity index (χ4v) is 4.25. The molecule has 3 aromatic rings. The van der Waals surface area contributed by atoms with E-state index in [1.807, 2.05) is 30.3 Å². The van der Waals surface area contributed by atoms with Crippen LogP contribution in [0.1, 0.15) is 55.7 Å². The van der Waals surface area contributed by atoms with E-state index in [1.165, 1.54) is 18.4 Å². The second kappa shape index (κ2) is 11.3. The van der Waals surface area contributed by atoms with E-state index < -0.39 is 0 Å². The molecule has 1 N–H and O–H groups in total. The van der Waals surface area contributed by atoms with Gasteiger partial charge in [0, 0.05) is 18.2 Å². The number of likely N-dealkylation sites (tertiary alicyclic amines) is 1. The average molecular weight is 462 g/mol. The molecule has 0 saturated carbocycles. The summed E-state index contributed by atoms with van der Waals surface area (Å²) in [6, 6.07) is 19.9. The number of hydrogen-bond donors (Lipinski definition) is 1. The van der Waals surface area contributed by atoms with E-state index in [4.69, 9.17) is 9.26 Å². The van der Waals surface area contributed by atoms with Crippen molar-refractivity contribution in [3.8, 4) is 17.1 Å². The van der Waals surface area contributed by atoms with Crippen LogP contribution >= 0.6 is 0 Å². The van der Waals surface area contributed by atoms with Crippen molar-refractivity contribution >= 4 is 5.91 Å². The molecule has 0 unspecified atom stereocenters. The number of nitrogens with one attached hydrogen (secondary N) is 1. The maximum absolute atomic E-state index is 12.9. The molecule has 6 nitrogen and oxygen atoms in total. The van der Waals surface area contributed by atoms with Gasteiger partial charge in [0.15, 0.2) is 11.5 Å². The maximum atomic E-state index is 12.9. The number of carbonyl (C=O) groups excluding carboxylic acids is 1. The highest BCUT2D eigenvalue weighted by Crippen LogP contribution is 2.27. The minimum absolute atomic E-state index is 0.141.